The number of hydrogen-bond acceptors (Lipinski definition) is 3. The lowest BCUT2D eigenvalue weighted by atomic mass is 10.0. The van der Waals surface area contributed by atoms with Gasteiger partial charge in [0.25, 0.3) is 10.2 Å². The van der Waals surface area contributed by atoms with Gasteiger partial charge in [0, 0.05) is 32.1 Å². The average molecular weight is 245 g/mol. The van der Waals surface area contributed by atoms with Crippen LogP contribution in [0.5, 0.6) is 0 Å². The van der Waals surface area contributed by atoms with Gasteiger partial charge in [-0.15, -0.1) is 0 Å². The fraction of sp³-hybridized carbons (Fsp3) is 0.900. The van der Waals surface area contributed by atoms with Gasteiger partial charge in [-0.3, -0.25) is 0 Å². The van der Waals surface area contributed by atoms with E-state index >= 15 is 0 Å². The quantitative estimate of drug-likeness (QED) is 0.736. The standard InChI is InChI=1S/C10H19N3O2S/c1-3-12(4-2)16(14,15)13-7-5-10(9-11)6-8-13/h10H,3-8H2,1-2H3. The summed E-state index contributed by atoms with van der Waals surface area (Å²) in [4.78, 5) is 0. The van der Waals surface area contributed by atoms with Crippen LogP contribution in [0.15, 0.2) is 0 Å². The van der Waals surface area contributed by atoms with Crippen molar-refractivity contribution in [1.82, 2.24) is 8.61 Å². The van der Waals surface area contributed by atoms with Gasteiger partial charge in [0.05, 0.1) is 6.07 Å². The Hall–Kier alpha value is -0.640. The molecule has 0 unspecified atom stereocenters. The van der Waals surface area contributed by atoms with E-state index in [1.165, 1.54) is 8.61 Å². The van der Waals surface area contributed by atoms with Crippen molar-refractivity contribution in [3.8, 4) is 6.07 Å². The Morgan fingerprint density at radius 3 is 2.19 bits per heavy atom. The Morgan fingerprint density at radius 1 is 1.31 bits per heavy atom. The molecule has 0 atom stereocenters. The number of rotatable bonds is 4. The van der Waals surface area contributed by atoms with Crippen molar-refractivity contribution in [2.45, 2.75) is 26.7 Å². The first-order valence-electron chi connectivity index (χ1n) is 5.71. The molecule has 6 heteroatoms. The molecule has 0 radical (unpaired) electrons. The molecule has 0 aromatic rings. The van der Waals surface area contributed by atoms with Crippen LogP contribution in [0.2, 0.25) is 0 Å². The van der Waals surface area contributed by atoms with Gasteiger partial charge in [0.15, 0.2) is 0 Å². The van der Waals surface area contributed by atoms with E-state index in [0.717, 1.165) is 0 Å². The minimum Gasteiger partial charge on any atom is -0.198 e. The summed E-state index contributed by atoms with van der Waals surface area (Å²) in [6.07, 6.45) is 1.30. The summed E-state index contributed by atoms with van der Waals surface area (Å²) in [6.45, 7) is 5.61. The Labute approximate surface area is 97.8 Å². The molecule has 92 valence electrons. The molecule has 1 aliphatic heterocycles. The monoisotopic (exact) mass is 245 g/mol. The lowest BCUT2D eigenvalue weighted by molar-refractivity contribution is 0.284. The highest BCUT2D eigenvalue weighted by Crippen LogP contribution is 2.20. The summed E-state index contributed by atoms with van der Waals surface area (Å²) < 4.78 is 27.2. The topological polar surface area (TPSA) is 64.4 Å². The van der Waals surface area contributed by atoms with Crippen molar-refractivity contribution in [3.05, 3.63) is 0 Å². The minimum absolute atomic E-state index is 0.0168. The smallest absolute Gasteiger partial charge is 0.198 e. The maximum atomic E-state index is 12.1. The van der Waals surface area contributed by atoms with Gasteiger partial charge >= 0.3 is 0 Å². The largest absolute Gasteiger partial charge is 0.281 e. The summed E-state index contributed by atoms with van der Waals surface area (Å²) in [6, 6.07) is 2.20. The van der Waals surface area contributed by atoms with E-state index in [0.29, 0.717) is 39.0 Å². The predicted octanol–water partition coefficient (Wildman–Crippen LogP) is 0.809. The molecule has 1 heterocycles. The minimum atomic E-state index is -3.30. The lowest BCUT2D eigenvalue weighted by Crippen LogP contribution is -2.46. The third kappa shape index (κ3) is 2.73. The van der Waals surface area contributed by atoms with Crippen LogP contribution in [0.1, 0.15) is 26.7 Å². The van der Waals surface area contributed by atoms with Crippen LogP contribution in [-0.4, -0.2) is 43.2 Å². The van der Waals surface area contributed by atoms with E-state index in [1.807, 2.05) is 13.8 Å². The van der Waals surface area contributed by atoms with Crippen molar-refractivity contribution >= 4 is 10.2 Å². The molecule has 0 amide bonds. The molecule has 1 saturated heterocycles. The van der Waals surface area contributed by atoms with Crippen LogP contribution < -0.4 is 0 Å². The van der Waals surface area contributed by atoms with Crippen molar-refractivity contribution in [2.75, 3.05) is 26.2 Å². The van der Waals surface area contributed by atoms with E-state index in [1.54, 1.807) is 0 Å². The van der Waals surface area contributed by atoms with Crippen molar-refractivity contribution in [1.29, 1.82) is 5.26 Å². The van der Waals surface area contributed by atoms with Crippen LogP contribution in [0.3, 0.4) is 0 Å². The fourth-order valence-corrected chi connectivity index (χ4v) is 3.58. The maximum Gasteiger partial charge on any atom is 0.281 e. The van der Waals surface area contributed by atoms with E-state index in [2.05, 4.69) is 6.07 Å². The normalized spacial score (nSPS) is 19.9. The van der Waals surface area contributed by atoms with Gasteiger partial charge in [0.1, 0.15) is 0 Å². The van der Waals surface area contributed by atoms with Crippen molar-refractivity contribution < 1.29 is 8.42 Å². The Kier molecular flexibility index (Phi) is 4.71. The third-order valence-electron chi connectivity index (χ3n) is 2.99. The van der Waals surface area contributed by atoms with E-state index < -0.39 is 10.2 Å². The van der Waals surface area contributed by atoms with E-state index in [-0.39, 0.29) is 5.92 Å². The highest BCUT2D eigenvalue weighted by molar-refractivity contribution is 7.86. The molecule has 0 saturated carbocycles. The first-order chi connectivity index (χ1) is 7.56. The lowest BCUT2D eigenvalue weighted by Gasteiger charge is -2.32. The number of hydrogen-bond donors (Lipinski definition) is 0. The second kappa shape index (κ2) is 5.62. The third-order valence-corrected chi connectivity index (χ3v) is 5.18. The molecule has 0 aromatic heterocycles. The first-order valence-corrected chi connectivity index (χ1v) is 7.10. The van der Waals surface area contributed by atoms with Gasteiger partial charge in [-0.1, -0.05) is 13.8 Å². The Balaban J connectivity index is 2.69. The number of piperidine rings is 1. The number of nitriles is 1. The second-order valence-corrected chi connectivity index (χ2v) is 5.82. The SMILES string of the molecule is CCN(CC)S(=O)(=O)N1CCC(C#N)CC1. The van der Waals surface area contributed by atoms with Gasteiger partial charge in [0.2, 0.25) is 0 Å². The van der Waals surface area contributed by atoms with Crippen LogP contribution in [0.4, 0.5) is 0 Å². The van der Waals surface area contributed by atoms with E-state index in [9.17, 15) is 8.42 Å². The molecular weight excluding hydrogens is 226 g/mol. The van der Waals surface area contributed by atoms with Crippen LogP contribution in [0.25, 0.3) is 0 Å². The number of nitrogens with zero attached hydrogens (tertiary/aromatic N) is 3. The van der Waals surface area contributed by atoms with Gasteiger partial charge < -0.3 is 0 Å². The Morgan fingerprint density at radius 2 is 1.81 bits per heavy atom. The van der Waals surface area contributed by atoms with Gasteiger partial charge in [-0.05, 0) is 12.8 Å². The summed E-state index contributed by atoms with van der Waals surface area (Å²) >= 11 is 0. The molecular formula is C10H19N3O2S. The first kappa shape index (κ1) is 13.4. The zero-order valence-corrected chi connectivity index (χ0v) is 10.7. The molecule has 0 bridgehead atoms. The zero-order chi connectivity index (χ0) is 12.2. The zero-order valence-electron chi connectivity index (χ0n) is 9.89. The highest BCUT2D eigenvalue weighted by Gasteiger charge is 2.31. The highest BCUT2D eigenvalue weighted by atomic mass is 32.2. The van der Waals surface area contributed by atoms with Crippen molar-refractivity contribution in [3.63, 3.8) is 0 Å². The molecule has 16 heavy (non-hydrogen) atoms. The summed E-state index contributed by atoms with van der Waals surface area (Å²) in [5.41, 5.74) is 0. The summed E-state index contributed by atoms with van der Waals surface area (Å²) in [5.74, 6) is 0.0168. The molecule has 0 aliphatic carbocycles. The molecule has 0 spiro atoms. The van der Waals surface area contributed by atoms with Gasteiger partial charge in [-0.2, -0.15) is 22.3 Å². The summed E-state index contributed by atoms with van der Waals surface area (Å²) in [5, 5.41) is 8.75. The second-order valence-electron chi connectivity index (χ2n) is 3.89. The molecule has 1 fully saturated rings. The van der Waals surface area contributed by atoms with Crippen molar-refractivity contribution in [2.24, 2.45) is 5.92 Å². The van der Waals surface area contributed by atoms with Crippen LogP contribution >= 0.6 is 0 Å². The van der Waals surface area contributed by atoms with Crippen LogP contribution in [-0.2, 0) is 10.2 Å². The average Bonchev–Trinajstić information content (AvgIpc) is 2.30. The molecule has 0 aromatic carbocycles. The molecule has 5 nitrogen and oxygen atoms in total. The van der Waals surface area contributed by atoms with E-state index in [4.69, 9.17) is 5.26 Å². The molecule has 1 aliphatic rings. The maximum absolute atomic E-state index is 12.1. The summed E-state index contributed by atoms with van der Waals surface area (Å²) in [7, 11) is -3.30. The van der Waals surface area contributed by atoms with Gasteiger partial charge in [-0.25, -0.2) is 0 Å². The fourth-order valence-electron chi connectivity index (χ4n) is 1.93. The molecule has 0 N–H and O–H groups in total. The Bertz CT molecular complexity index is 349. The molecule has 1 rings (SSSR count). The predicted molar refractivity (Wildman–Crippen MR) is 61.8 cm³/mol. The van der Waals surface area contributed by atoms with Crippen LogP contribution in [0, 0.1) is 17.2 Å².